The van der Waals surface area contributed by atoms with E-state index in [4.69, 9.17) is 18.9 Å². The van der Waals surface area contributed by atoms with Crippen LogP contribution in [0.3, 0.4) is 0 Å². The fourth-order valence-corrected chi connectivity index (χ4v) is 8.84. The second-order valence-electron chi connectivity index (χ2n) is 10.9. The molecule has 6 fully saturated rings. The van der Waals surface area contributed by atoms with Crippen molar-refractivity contribution in [3.8, 4) is 0 Å². The van der Waals surface area contributed by atoms with Crippen LogP contribution in [0.2, 0.25) is 0 Å². The van der Waals surface area contributed by atoms with Crippen LogP contribution in [0.25, 0.3) is 0 Å². The Morgan fingerprint density at radius 1 is 0.667 bits per heavy atom. The number of hydrogen-bond donors (Lipinski definition) is 0. The monoisotopic (exact) mass is 376 g/mol. The summed E-state index contributed by atoms with van der Waals surface area (Å²) in [6, 6.07) is 0. The van der Waals surface area contributed by atoms with E-state index in [9.17, 15) is 0 Å². The van der Waals surface area contributed by atoms with Crippen molar-refractivity contribution in [2.24, 2.45) is 34.5 Å². The molecule has 2 spiro atoms. The predicted molar refractivity (Wildman–Crippen MR) is 101 cm³/mol. The van der Waals surface area contributed by atoms with Crippen LogP contribution in [-0.2, 0) is 18.9 Å². The normalized spacial score (nSPS) is 52.7. The van der Waals surface area contributed by atoms with Gasteiger partial charge in [0.2, 0.25) is 0 Å². The zero-order valence-corrected chi connectivity index (χ0v) is 17.1. The first kappa shape index (κ1) is 17.7. The van der Waals surface area contributed by atoms with Crippen LogP contribution in [0.15, 0.2) is 0 Å². The summed E-state index contributed by atoms with van der Waals surface area (Å²) in [4.78, 5) is 0. The Balaban J connectivity index is 1.28. The van der Waals surface area contributed by atoms with E-state index in [1.165, 1.54) is 38.5 Å². The van der Waals surface area contributed by atoms with Crippen LogP contribution in [-0.4, -0.2) is 38.0 Å². The van der Waals surface area contributed by atoms with Crippen LogP contribution >= 0.6 is 0 Å². The number of fused-ring (bicyclic) bond motifs is 6. The molecule has 0 aromatic carbocycles. The molecule has 4 saturated carbocycles. The highest BCUT2D eigenvalue weighted by molar-refractivity contribution is 5.13. The molecule has 0 aromatic rings. The molecule has 0 amide bonds. The maximum absolute atomic E-state index is 6.29. The van der Waals surface area contributed by atoms with Crippen molar-refractivity contribution in [1.29, 1.82) is 0 Å². The molecule has 6 aliphatic rings. The molecule has 0 unspecified atom stereocenters. The molecule has 0 aromatic heterocycles. The van der Waals surface area contributed by atoms with Gasteiger partial charge in [0.1, 0.15) is 0 Å². The van der Waals surface area contributed by atoms with Gasteiger partial charge in [-0.1, -0.05) is 13.8 Å². The highest BCUT2D eigenvalue weighted by Gasteiger charge is 2.67. The Morgan fingerprint density at radius 3 is 2.15 bits per heavy atom. The first-order valence-electron chi connectivity index (χ1n) is 11.6. The summed E-state index contributed by atoms with van der Waals surface area (Å²) in [5, 5.41) is 0. The molecule has 4 nitrogen and oxygen atoms in total. The van der Waals surface area contributed by atoms with E-state index >= 15 is 0 Å². The summed E-state index contributed by atoms with van der Waals surface area (Å²) >= 11 is 0. The zero-order valence-electron chi connectivity index (χ0n) is 17.1. The smallest absolute Gasteiger partial charge is 0.174 e. The minimum atomic E-state index is -0.261. The average molecular weight is 377 g/mol. The molecule has 0 N–H and O–H groups in total. The SMILES string of the molecule is C[C@]12CCC3(C[C@@H]1CC[C@H]1[C@H]4CCC5(OCCO5)[C@@]4(C)CC[C@@H]12)OCCO3. The van der Waals surface area contributed by atoms with Gasteiger partial charge in [-0.05, 0) is 67.6 Å². The van der Waals surface area contributed by atoms with Crippen molar-refractivity contribution in [1.82, 2.24) is 0 Å². The first-order valence-corrected chi connectivity index (χ1v) is 11.6. The fourth-order valence-electron chi connectivity index (χ4n) is 8.84. The molecular weight excluding hydrogens is 340 g/mol. The Bertz CT molecular complexity index is 607. The third kappa shape index (κ3) is 2.19. The number of rotatable bonds is 0. The molecule has 2 heterocycles. The van der Waals surface area contributed by atoms with Crippen molar-refractivity contribution in [3.05, 3.63) is 0 Å². The van der Waals surface area contributed by atoms with Gasteiger partial charge in [-0.15, -0.1) is 0 Å². The third-order valence-electron chi connectivity index (χ3n) is 10.3. The lowest BCUT2D eigenvalue weighted by molar-refractivity contribution is -0.257. The van der Waals surface area contributed by atoms with E-state index in [1.54, 1.807) is 0 Å². The largest absolute Gasteiger partial charge is 0.348 e. The van der Waals surface area contributed by atoms with Crippen LogP contribution in [0.1, 0.15) is 71.6 Å². The van der Waals surface area contributed by atoms with Crippen LogP contribution in [0.5, 0.6) is 0 Å². The Kier molecular flexibility index (Phi) is 3.74. The molecule has 6 rings (SSSR count). The summed E-state index contributed by atoms with van der Waals surface area (Å²) in [7, 11) is 0. The van der Waals surface area contributed by atoms with Gasteiger partial charge in [0.15, 0.2) is 11.6 Å². The minimum Gasteiger partial charge on any atom is -0.348 e. The topological polar surface area (TPSA) is 36.9 Å². The second-order valence-corrected chi connectivity index (χ2v) is 10.9. The number of hydrogen-bond acceptors (Lipinski definition) is 4. The Morgan fingerprint density at radius 2 is 1.37 bits per heavy atom. The highest BCUT2D eigenvalue weighted by atomic mass is 16.7. The lowest BCUT2D eigenvalue weighted by atomic mass is 9.44. The molecular formula is C23H36O4. The first-order chi connectivity index (χ1) is 13.0. The highest BCUT2D eigenvalue weighted by Crippen LogP contribution is 2.70. The molecule has 4 aliphatic carbocycles. The van der Waals surface area contributed by atoms with Gasteiger partial charge in [0.25, 0.3) is 0 Å². The van der Waals surface area contributed by atoms with Gasteiger partial charge < -0.3 is 18.9 Å². The van der Waals surface area contributed by atoms with Crippen LogP contribution in [0.4, 0.5) is 0 Å². The summed E-state index contributed by atoms with van der Waals surface area (Å²) in [5.74, 6) is 2.78. The van der Waals surface area contributed by atoms with Crippen molar-refractivity contribution < 1.29 is 18.9 Å². The third-order valence-corrected chi connectivity index (χ3v) is 10.3. The summed E-state index contributed by atoms with van der Waals surface area (Å²) < 4.78 is 24.8. The van der Waals surface area contributed by atoms with E-state index in [0.717, 1.165) is 69.4 Å². The van der Waals surface area contributed by atoms with Gasteiger partial charge in [-0.2, -0.15) is 0 Å². The van der Waals surface area contributed by atoms with Crippen LogP contribution < -0.4 is 0 Å². The summed E-state index contributed by atoms with van der Waals surface area (Å²) in [5.41, 5.74) is 0.694. The van der Waals surface area contributed by atoms with E-state index in [-0.39, 0.29) is 17.0 Å². The van der Waals surface area contributed by atoms with Gasteiger partial charge >= 0.3 is 0 Å². The molecule has 27 heavy (non-hydrogen) atoms. The predicted octanol–water partition coefficient (Wildman–Crippen LogP) is 4.52. The van der Waals surface area contributed by atoms with E-state index in [0.29, 0.717) is 5.41 Å². The van der Waals surface area contributed by atoms with Crippen LogP contribution in [0, 0.1) is 34.5 Å². The minimum absolute atomic E-state index is 0.224. The Hall–Kier alpha value is -0.160. The van der Waals surface area contributed by atoms with E-state index in [2.05, 4.69) is 13.8 Å². The van der Waals surface area contributed by atoms with Crippen molar-refractivity contribution in [2.75, 3.05) is 26.4 Å². The molecule has 2 aliphatic heterocycles. The van der Waals surface area contributed by atoms with Gasteiger partial charge in [0.05, 0.1) is 26.4 Å². The second kappa shape index (κ2) is 5.71. The molecule has 0 bridgehead atoms. The van der Waals surface area contributed by atoms with Crippen molar-refractivity contribution in [2.45, 2.75) is 83.2 Å². The molecule has 4 heteroatoms. The van der Waals surface area contributed by atoms with Gasteiger partial charge in [-0.25, -0.2) is 0 Å². The van der Waals surface area contributed by atoms with E-state index in [1.807, 2.05) is 0 Å². The zero-order chi connectivity index (χ0) is 18.3. The lowest BCUT2D eigenvalue weighted by Crippen LogP contribution is -2.58. The van der Waals surface area contributed by atoms with Gasteiger partial charge in [0, 0.05) is 24.7 Å². The lowest BCUT2D eigenvalue weighted by Gasteiger charge is -2.62. The number of ether oxygens (including phenoxy) is 4. The van der Waals surface area contributed by atoms with Crippen molar-refractivity contribution >= 4 is 0 Å². The molecule has 2 saturated heterocycles. The molecule has 0 radical (unpaired) electrons. The maximum atomic E-state index is 6.29. The molecule has 6 atom stereocenters. The van der Waals surface area contributed by atoms with Gasteiger partial charge in [-0.3, -0.25) is 0 Å². The Labute approximate surface area is 163 Å². The maximum Gasteiger partial charge on any atom is 0.174 e. The van der Waals surface area contributed by atoms with Crippen molar-refractivity contribution in [3.63, 3.8) is 0 Å². The quantitative estimate of drug-likeness (QED) is 0.623. The van der Waals surface area contributed by atoms with E-state index < -0.39 is 0 Å². The summed E-state index contributed by atoms with van der Waals surface area (Å²) in [6.07, 6.45) is 11.3. The standard InChI is InChI=1S/C23H36O4/c1-20-9-10-22(24-11-12-25-22)15-16(20)3-4-17-18(20)5-7-21(2)19(17)6-8-23(21)26-13-14-27-23/h16-19H,3-15H2,1-2H3/t16-,17+,18-,19+,20-,21-/m0/s1. The summed E-state index contributed by atoms with van der Waals surface area (Å²) in [6.45, 7) is 8.27. The molecule has 152 valence electrons. The fraction of sp³-hybridized carbons (Fsp3) is 1.00. The average Bonchev–Trinajstić information content (AvgIpc) is 3.38.